The van der Waals surface area contributed by atoms with Crippen molar-refractivity contribution >= 4 is 45.9 Å². The third kappa shape index (κ3) is 11.3. The summed E-state index contributed by atoms with van der Waals surface area (Å²) in [5, 5.41) is 29.7. The number of carboxylic acids is 1. The Balaban J connectivity index is 0.000000208. The van der Waals surface area contributed by atoms with Gasteiger partial charge in [-0.2, -0.15) is 0 Å². The van der Waals surface area contributed by atoms with Crippen LogP contribution in [0.5, 0.6) is 0 Å². The Bertz CT molecular complexity index is 2190. The maximum absolute atomic E-state index is 12.3. The molecule has 0 bridgehead atoms. The van der Waals surface area contributed by atoms with Gasteiger partial charge in [0.2, 0.25) is 0 Å². The third-order valence-electron chi connectivity index (χ3n) is 8.39. The van der Waals surface area contributed by atoms with Crippen molar-refractivity contribution in [2.75, 3.05) is 14.2 Å². The first-order chi connectivity index (χ1) is 26.3. The van der Waals surface area contributed by atoms with Crippen molar-refractivity contribution in [2.45, 2.75) is 51.2 Å². The van der Waals surface area contributed by atoms with E-state index in [1.54, 1.807) is 36.9 Å². The Morgan fingerprint density at radius 2 is 1.11 bits per heavy atom. The number of hydrogen-bond acceptors (Lipinski definition) is 11. The van der Waals surface area contributed by atoms with Gasteiger partial charge in [0.05, 0.1) is 66.7 Å². The predicted octanol–water partition coefficient (Wildman–Crippen LogP) is 3.39. The molecule has 0 aliphatic rings. The maximum Gasteiger partial charge on any atom is 0.335 e. The Morgan fingerprint density at radius 1 is 0.673 bits per heavy atom. The van der Waals surface area contributed by atoms with Crippen molar-refractivity contribution < 1.29 is 44.0 Å². The number of carbonyl (C=O) groups excluding carboxylic acids is 3. The number of aromatic nitrogens is 4. The van der Waals surface area contributed by atoms with Gasteiger partial charge in [-0.1, -0.05) is 48.5 Å². The van der Waals surface area contributed by atoms with E-state index in [0.717, 1.165) is 33.2 Å². The Kier molecular flexibility index (Phi) is 14.7. The van der Waals surface area contributed by atoms with Gasteiger partial charge in [-0.25, -0.2) is 19.6 Å². The number of aliphatic hydroxyl groups is 2. The van der Waals surface area contributed by atoms with Crippen LogP contribution in [-0.4, -0.2) is 96.7 Å². The smallest absolute Gasteiger partial charge is 0.335 e. The number of nitrogens with two attached hydrogens (primary N) is 1. The van der Waals surface area contributed by atoms with E-state index in [4.69, 9.17) is 15.9 Å². The van der Waals surface area contributed by atoms with Gasteiger partial charge < -0.3 is 45.0 Å². The third-order valence-corrected chi connectivity index (χ3v) is 8.39. The fourth-order valence-electron chi connectivity index (χ4n) is 5.24. The quantitative estimate of drug-likeness (QED) is 0.120. The van der Waals surface area contributed by atoms with Crippen molar-refractivity contribution in [3.05, 3.63) is 132 Å². The highest BCUT2D eigenvalue weighted by molar-refractivity contribution is 5.97. The summed E-state index contributed by atoms with van der Waals surface area (Å²) in [6.45, 7) is 4.16. The van der Waals surface area contributed by atoms with Crippen LogP contribution in [0.2, 0.25) is 0 Å². The minimum absolute atomic E-state index is 0.305. The highest BCUT2D eigenvalue weighted by atomic mass is 16.5. The summed E-state index contributed by atoms with van der Waals surface area (Å²) in [6, 6.07) is 27.7. The van der Waals surface area contributed by atoms with E-state index < -0.39 is 48.1 Å². The number of benzene rings is 4. The molecule has 4 unspecified atom stereocenters. The van der Waals surface area contributed by atoms with Crippen LogP contribution in [0.15, 0.2) is 110 Å². The molecule has 0 spiro atoms. The van der Waals surface area contributed by atoms with Gasteiger partial charge in [-0.3, -0.25) is 9.59 Å². The van der Waals surface area contributed by atoms with Crippen molar-refractivity contribution in [3.63, 3.8) is 0 Å². The van der Waals surface area contributed by atoms with Crippen molar-refractivity contribution in [2.24, 2.45) is 5.73 Å². The Morgan fingerprint density at radius 3 is 1.49 bits per heavy atom. The highest BCUT2D eigenvalue weighted by Crippen LogP contribution is 2.16. The number of aromatic carboxylic acids is 1. The SMILES string of the molecule is COC(=O)C(N)C(C)O.COC(=O)C(NC(=O)c1ccc(Cn2cnc3ccccc32)cc1)C(C)O.O=C(O)c1ccc(Cn2cnc3ccccc32)cc1. The normalized spacial score (nSPS) is 12.9. The van der Waals surface area contributed by atoms with Crippen molar-refractivity contribution in [1.82, 2.24) is 24.4 Å². The fourth-order valence-corrected chi connectivity index (χ4v) is 5.24. The zero-order valence-corrected chi connectivity index (χ0v) is 30.8. The van der Waals surface area contributed by atoms with Gasteiger partial charge >= 0.3 is 17.9 Å². The number of amides is 1. The summed E-state index contributed by atoms with van der Waals surface area (Å²) < 4.78 is 12.9. The number of carboxylic acid groups (broad SMARTS) is 1. The number of ether oxygens (including phenoxy) is 2. The Hall–Kier alpha value is -6.42. The monoisotopic (exact) mass is 752 g/mol. The van der Waals surface area contributed by atoms with Crippen molar-refractivity contribution in [3.8, 4) is 0 Å². The summed E-state index contributed by atoms with van der Waals surface area (Å²) in [5.41, 5.74) is 11.9. The first-order valence-electron chi connectivity index (χ1n) is 17.1. The molecule has 0 aliphatic heterocycles. The number of esters is 2. The average molecular weight is 753 g/mol. The molecule has 4 aromatic carbocycles. The fraction of sp³-hybridized carbons (Fsp3) is 0.250. The van der Waals surface area contributed by atoms with Crippen LogP contribution < -0.4 is 11.1 Å². The van der Waals surface area contributed by atoms with E-state index in [1.807, 2.05) is 81.9 Å². The molecule has 0 aliphatic carbocycles. The molecule has 4 atom stereocenters. The van der Waals surface area contributed by atoms with E-state index in [9.17, 15) is 24.3 Å². The van der Waals surface area contributed by atoms with E-state index >= 15 is 0 Å². The number of aliphatic hydroxyl groups excluding tert-OH is 2. The van der Waals surface area contributed by atoms with Crippen LogP contribution in [0.25, 0.3) is 22.1 Å². The number of methoxy groups -OCH3 is 2. The molecule has 6 rings (SSSR count). The molecule has 0 fully saturated rings. The summed E-state index contributed by atoms with van der Waals surface area (Å²) in [7, 11) is 2.43. The van der Waals surface area contributed by atoms with Gasteiger partial charge in [-0.15, -0.1) is 0 Å². The number of hydrogen-bond donors (Lipinski definition) is 5. The molecule has 288 valence electrons. The predicted molar refractivity (Wildman–Crippen MR) is 204 cm³/mol. The van der Waals surface area contributed by atoms with Crippen LogP contribution in [0.1, 0.15) is 45.7 Å². The molecule has 0 saturated heterocycles. The minimum Gasteiger partial charge on any atom is -0.478 e. The van der Waals surface area contributed by atoms with Crippen LogP contribution in [-0.2, 0) is 32.2 Å². The van der Waals surface area contributed by atoms with Gasteiger partial charge in [0.1, 0.15) is 6.04 Å². The molecule has 6 aromatic rings. The molecule has 0 radical (unpaired) electrons. The van der Waals surface area contributed by atoms with E-state index in [1.165, 1.54) is 28.1 Å². The number of imidazole rings is 2. The zero-order valence-electron chi connectivity index (χ0n) is 30.8. The lowest BCUT2D eigenvalue weighted by Gasteiger charge is -2.19. The van der Waals surface area contributed by atoms with Gasteiger partial charge in [0, 0.05) is 18.7 Å². The van der Waals surface area contributed by atoms with E-state index in [-0.39, 0.29) is 0 Å². The molecular formula is C40H44N6O9. The lowest BCUT2D eigenvalue weighted by atomic mass is 10.1. The van der Waals surface area contributed by atoms with E-state index in [0.29, 0.717) is 24.2 Å². The van der Waals surface area contributed by atoms with Crippen LogP contribution in [0.4, 0.5) is 0 Å². The van der Waals surface area contributed by atoms with Crippen molar-refractivity contribution in [1.29, 1.82) is 0 Å². The maximum atomic E-state index is 12.3. The van der Waals surface area contributed by atoms with Gasteiger partial charge in [-0.05, 0) is 73.5 Å². The molecule has 0 saturated carbocycles. The lowest BCUT2D eigenvalue weighted by molar-refractivity contribution is -0.146. The molecule has 15 heteroatoms. The van der Waals surface area contributed by atoms with Gasteiger partial charge in [0.15, 0.2) is 6.04 Å². The van der Waals surface area contributed by atoms with Crippen LogP contribution >= 0.6 is 0 Å². The molecule has 2 heterocycles. The summed E-state index contributed by atoms with van der Waals surface area (Å²) in [4.78, 5) is 53.9. The Labute approximate surface area is 317 Å². The first-order valence-corrected chi connectivity index (χ1v) is 17.1. The number of fused-ring (bicyclic) bond motifs is 2. The number of carbonyl (C=O) groups is 4. The lowest BCUT2D eigenvalue weighted by Crippen LogP contribution is -2.48. The number of nitrogens with zero attached hydrogens (tertiary/aromatic N) is 4. The number of nitrogens with one attached hydrogen (secondary N) is 1. The topological polar surface area (TPSA) is 221 Å². The second kappa shape index (κ2) is 19.6. The summed E-state index contributed by atoms with van der Waals surface area (Å²) in [6.07, 6.45) is 1.68. The van der Waals surface area contributed by atoms with Gasteiger partial charge in [0.25, 0.3) is 5.91 Å². The number of rotatable bonds is 11. The minimum atomic E-state index is -1.11. The standard InChI is InChI=1S/C20H21N3O4.C15H12N2O2.C5H11NO3/c1-13(24)18(20(26)27-2)22-19(25)15-9-7-14(8-10-15)11-23-12-21-16-5-3-4-6-17(16)23;18-15(19)12-7-5-11(6-8-12)9-17-10-16-13-3-1-2-4-14(13)17;1-3(7)4(6)5(8)9-2/h3-10,12-13,18,24H,11H2,1-2H3,(H,22,25);1-8,10H,9H2,(H,18,19);3-4,7H,6H2,1-2H3. The largest absolute Gasteiger partial charge is 0.478 e. The zero-order chi connectivity index (χ0) is 40.1. The summed E-state index contributed by atoms with van der Waals surface area (Å²) >= 11 is 0. The number of para-hydroxylation sites is 4. The molecule has 55 heavy (non-hydrogen) atoms. The molecule has 6 N–H and O–H groups in total. The van der Waals surface area contributed by atoms with E-state index in [2.05, 4.69) is 24.8 Å². The summed E-state index contributed by atoms with van der Waals surface area (Å²) in [5.74, 6) is -2.64. The molecular weight excluding hydrogens is 708 g/mol. The molecule has 15 nitrogen and oxygen atoms in total. The second-order valence-electron chi connectivity index (χ2n) is 12.4. The van der Waals surface area contributed by atoms with Crippen LogP contribution in [0.3, 0.4) is 0 Å². The molecule has 2 aromatic heterocycles. The van der Waals surface area contributed by atoms with Crippen LogP contribution in [0, 0.1) is 0 Å². The molecule has 1 amide bonds. The first kappa shape index (κ1) is 41.3. The highest BCUT2D eigenvalue weighted by Gasteiger charge is 2.26. The average Bonchev–Trinajstić information content (AvgIpc) is 3.80. The second-order valence-corrected chi connectivity index (χ2v) is 12.4.